The van der Waals surface area contributed by atoms with Crippen LogP contribution in [0.15, 0.2) is 22.7 Å². The van der Waals surface area contributed by atoms with Gasteiger partial charge in [0.2, 0.25) is 0 Å². The summed E-state index contributed by atoms with van der Waals surface area (Å²) in [6, 6.07) is 6.18. The third-order valence-corrected chi connectivity index (χ3v) is 4.03. The van der Waals surface area contributed by atoms with Crippen molar-refractivity contribution in [2.24, 2.45) is 7.05 Å². The van der Waals surface area contributed by atoms with Crippen LogP contribution in [0.25, 0.3) is 0 Å². The highest BCUT2D eigenvalue weighted by Gasteiger charge is 2.13. The van der Waals surface area contributed by atoms with Crippen LogP contribution in [0.4, 0.5) is 0 Å². The first kappa shape index (κ1) is 16.0. The van der Waals surface area contributed by atoms with E-state index in [4.69, 9.17) is 4.74 Å². The summed E-state index contributed by atoms with van der Waals surface area (Å²) in [5.74, 6) is 1.64. The van der Waals surface area contributed by atoms with Crippen molar-refractivity contribution in [1.29, 1.82) is 0 Å². The lowest BCUT2D eigenvalue weighted by Gasteiger charge is -2.10. The number of ether oxygens (including phenoxy) is 1. The fourth-order valence-corrected chi connectivity index (χ4v) is 2.67. The zero-order chi connectivity index (χ0) is 15.4. The maximum atomic E-state index is 6.02. The minimum Gasteiger partial charge on any atom is -0.452 e. The quantitative estimate of drug-likeness (QED) is 0.796. The monoisotopic (exact) mass is 351 g/mol. The number of hydrogen-bond acceptors (Lipinski definition) is 3. The van der Waals surface area contributed by atoms with Crippen molar-refractivity contribution < 1.29 is 4.74 Å². The predicted molar refractivity (Wildman–Crippen MR) is 88.9 cm³/mol. The van der Waals surface area contributed by atoms with Crippen LogP contribution in [0.3, 0.4) is 0 Å². The molecule has 0 amide bonds. The van der Waals surface area contributed by atoms with Gasteiger partial charge in [-0.3, -0.25) is 4.68 Å². The van der Waals surface area contributed by atoms with Gasteiger partial charge < -0.3 is 10.1 Å². The number of halogens is 1. The highest BCUT2D eigenvalue weighted by molar-refractivity contribution is 9.10. The van der Waals surface area contributed by atoms with Crippen LogP contribution < -0.4 is 10.1 Å². The molecule has 1 aromatic heterocycles. The molecular weight excluding hydrogens is 330 g/mol. The second kappa shape index (κ2) is 7.09. The molecule has 21 heavy (non-hydrogen) atoms. The van der Waals surface area contributed by atoms with Gasteiger partial charge in [-0.25, -0.2) is 0 Å². The molecule has 0 aliphatic heterocycles. The summed E-state index contributed by atoms with van der Waals surface area (Å²) in [4.78, 5) is 0. The summed E-state index contributed by atoms with van der Waals surface area (Å²) in [7, 11) is 1.92. The van der Waals surface area contributed by atoms with Crippen LogP contribution in [0.5, 0.6) is 11.5 Å². The molecular formula is C16H22BrN3O. The first-order valence-electron chi connectivity index (χ1n) is 7.20. The van der Waals surface area contributed by atoms with Crippen LogP contribution in [-0.4, -0.2) is 16.3 Å². The number of nitrogens with one attached hydrogen (secondary N) is 1. The maximum Gasteiger partial charge on any atom is 0.171 e. The normalized spacial score (nSPS) is 10.9. The molecule has 0 spiro atoms. The van der Waals surface area contributed by atoms with Crippen molar-refractivity contribution in [2.75, 3.05) is 6.54 Å². The molecule has 0 unspecified atom stereocenters. The zero-order valence-corrected chi connectivity index (χ0v) is 14.6. The Bertz CT molecular complexity index is 622. The highest BCUT2D eigenvalue weighted by atomic mass is 79.9. The van der Waals surface area contributed by atoms with Gasteiger partial charge in [-0.05, 0) is 60.4 Å². The molecule has 0 saturated carbocycles. The first-order valence-corrected chi connectivity index (χ1v) is 7.99. The zero-order valence-electron chi connectivity index (χ0n) is 13.0. The first-order chi connectivity index (χ1) is 10.0. The average molecular weight is 352 g/mol. The summed E-state index contributed by atoms with van der Waals surface area (Å²) in [6.45, 7) is 8.03. The van der Waals surface area contributed by atoms with Gasteiger partial charge in [0, 0.05) is 13.6 Å². The fourth-order valence-electron chi connectivity index (χ4n) is 2.16. The second-order valence-electron chi connectivity index (χ2n) is 5.17. The predicted octanol–water partition coefficient (Wildman–Crippen LogP) is 4.09. The number of aryl methyl sites for hydroxylation is 2. The van der Waals surface area contributed by atoms with E-state index in [1.54, 1.807) is 0 Å². The minimum absolute atomic E-state index is 0.813. The fraction of sp³-hybridized carbons (Fsp3) is 0.438. The van der Waals surface area contributed by atoms with Gasteiger partial charge in [0.15, 0.2) is 5.75 Å². The Labute approximate surface area is 134 Å². The largest absolute Gasteiger partial charge is 0.452 e. The van der Waals surface area contributed by atoms with E-state index in [-0.39, 0.29) is 0 Å². The summed E-state index contributed by atoms with van der Waals surface area (Å²) in [6.07, 6.45) is 1.14. The van der Waals surface area contributed by atoms with Gasteiger partial charge in [-0.1, -0.05) is 13.0 Å². The van der Waals surface area contributed by atoms with Crippen molar-refractivity contribution in [3.8, 4) is 11.5 Å². The lowest BCUT2D eigenvalue weighted by Crippen LogP contribution is -2.13. The molecule has 0 bridgehead atoms. The van der Waals surface area contributed by atoms with Crippen molar-refractivity contribution >= 4 is 15.9 Å². The molecule has 0 radical (unpaired) electrons. The van der Waals surface area contributed by atoms with Crippen molar-refractivity contribution in [3.63, 3.8) is 0 Å². The van der Waals surface area contributed by atoms with Crippen molar-refractivity contribution in [1.82, 2.24) is 15.1 Å². The van der Waals surface area contributed by atoms with Crippen LogP contribution in [0.2, 0.25) is 0 Å². The van der Waals surface area contributed by atoms with E-state index in [9.17, 15) is 0 Å². The van der Waals surface area contributed by atoms with Gasteiger partial charge in [-0.2, -0.15) is 5.10 Å². The minimum atomic E-state index is 0.813. The van der Waals surface area contributed by atoms with Gasteiger partial charge >= 0.3 is 0 Å². The number of nitrogens with zero attached hydrogens (tertiary/aromatic N) is 2. The van der Waals surface area contributed by atoms with E-state index in [2.05, 4.69) is 45.4 Å². The van der Waals surface area contributed by atoms with Crippen LogP contribution in [0.1, 0.15) is 30.3 Å². The number of aromatic nitrogens is 2. The maximum absolute atomic E-state index is 6.02. The van der Waals surface area contributed by atoms with Crippen LogP contribution in [0, 0.1) is 13.8 Å². The molecule has 0 atom stereocenters. The molecule has 1 heterocycles. The Kier molecular flexibility index (Phi) is 5.42. The topological polar surface area (TPSA) is 39.1 Å². The van der Waals surface area contributed by atoms with E-state index < -0.39 is 0 Å². The SMILES string of the molecule is CCCNCc1ccc(Oc2c(C)nn(C)c2C)c(Br)c1. The van der Waals surface area contributed by atoms with Crippen LogP contribution >= 0.6 is 15.9 Å². The molecule has 0 saturated heterocycles. The molecule has 5 heteroatoms. The Morgan fingerprint density at radius 2 is 2.10 bits per heavy atom. The molecule has 2 aromatic rings. The summed E-state index contributed by atoms with van der Waals surface area (Å²) in [5, 5.41) is 7.76. The van der Waals surface area contributed by atoms with Gasteiger partial charge in [0.05, 0.1) is 10.2 Å². The Morgan fingerprint density at radius 3 is 2.67 bits per heavy atom. The Balaban J connectivity index is 2.14. The van der Waals surface area contributed by atoms with E-state index >= 15 is 0 Å². The number of rotatable bonds is 6. The van der Waals surface area contributed by atoms with E-state index in [1.165, 1.54) is 5.56 Å². The standard InChI is InChI=1S/C16H22BrN3O/c1-5-8-18-10-13-6-7-15(14(17)9-13)21-16-11(2)19-20(4)12(16)3/h6-7,9,18H,5,8,10H2,1-4H3. The van der Waals surface area contributed by atoms with Crippen molar-refractivity contribution in [3.05, 3.63) is 39.6 Å². The van der Waals surface area contributed by atoms with E-state index in [0.29, 0.717) is 0 Å². The Hall–Kier alpha value is -1.33. The van der Waals surface area contributed by atoms with Crippen molar-refractivity contribution in [2.45, 2.75) is 33.7 Å². The Morgan fingerprint density at radius 1 is 1.33 bits per heavy atom. The second-order valence-corrected chi connectivity index (χ2v) is 6.02. The highest BCUT2D eigenvalue weighted by Crippen LogP contribution is 2.33. The van der Waals surface area contributed by atoms with Gasteiger partial charge in [0.1, 0.15) is 11.4 Å². The summed E-state index contributed by atoms with van der Waals surface area (Å²) >= 11 is 3.59. The van der Waals surface area contributed by atoms with E-state index in [1.807, 2.05) is 31.6 Å². The lowest BCUT2D eigenvalue weighted by molar-refractivity contribution is 0.471. The smallest absolute Gasteiger partial charge is 0.171 e. The third-order valence-electron chi connectivity index (χ3n) is 3.41. The molecule has 1 N–H and O–H groups in total. The number of benzene rings is 1. The third kappa shape index (κ3) is 3.86. The molecule has 0 aliphatic carbocycles. The number of hydrogen-bond donors (Lipinski definition) is 1. The molecule has 2 rings (SSSR count). The summed E-state index contributed by atoms with van der Waals surface area (Å²) < 4.78 is 8.82. The molecule has 1 aromatic carbocycles. The summed E-state index contributed by atoms with van der Waals surface area (Å²) in [5.41, 5.74) is 3.16. The van der Waals surface area contributed by atoms with Crippen LogP contribution in [-0.2, 0) is 13.6 Å². The average Bonchev–Trinajstić information content (AvgIpc) is 2.68. The molecule has 0 fully saturated rings. The molecule has 114 valence electrons. The van der Waals surface area contributed by atoms with E-state index in [0.717, 1.165) is 46.9 Å². The molecule has 0 aliphatic rings. The van der Waals surface area contributed by atoms with Gasteiger partial charge in [0.25, 0.3) is 0 Å². The lowest BCUT2D eigenvalue weighted by atomic mass is 10.2. The van der Waals surface area contributed by atoms with Gasteiger partial charge in [-0.15, -0.1) is 0 Å². The molecule has 4 nitrogen and oxygen atoms in total.